The molecular formula is C27H22F2N6O5. The van der Waals surface area contributed by atoms with Gasteiger partial charge in [0.1, 0.15) is 23.1 Å². The summed E-state index contributed by atoms with van der Waals surface area (Å²) in [5, 5.41) is 18.4. The molecule has 40 heavy (non-hydrogen) atoms. The predicted octanol–water partition coefficient (Wildman–Crippen LogP) is 3.47. The highest BCUT2D eigenvalue weighted by Gasteiger charge is 2.29. The molecule has 0 unspecified atom stereocenters. The van der Waals surface area contributed by atoms with E-state index in [1.165, 1.54) is 60.5 Å². The lowest BCUT2D eigenvalue weighted by Gasteiger charge is -2.35. The van der Waals surface area contributed by atoms with Crippen LogP contribution in [0, 0.1) is 18.6 Å². The normalized spacial score (nSPS) is 12.9. The zero-order valence-electron chi connectivity index (χ0n) is 21.0. The monoisotopic (exact) mass is 548 g/mol. The molecule has 11 nitrogen and oxygen atoms in total. The number of aliphatic hydroxyl groups is 1. The van der Waals surface area contributed by atoms with Gasteiger partial charge in [-0.05, 0) is 42.8 Å². The molecule has 1 aliphatic rings. The molecule has 3 N–H and O–H groups in total. The van der Waals surface area contributed by atoms with Crippen LogP contribution in [0.4, 0.5) is 25.1 Å². The summed E-state index contributed by atoms with van der Waals surface area (Å²) in [5.74, 6) is -2.01. The summed E-state index contributed by atoms with van der Waals surface area (Å²) in [7, 11) is 0. The average Bonchev–Trinajstić information content (AvgIpc) is 2.89. The van der Waals surface area contributed by atoms with Gasteiger partial charge in [-0.1, -0.05) is 12.1 Å². The molecule has 0 saturated carbocycles. The molecule has 1 aliphatic heterocycles. The first kappa shape index (κ1) is 26.4. The van der Waals surface area contributed by atoms with E-state index in [1.807, 2.05) is 0 Å². The lowest BCUT2D eigenvalue weighted by Crippen LogP contribution is -2.54. The van der Waals surface area contributed by atoms with E-state index >= 15 is 0 Å². The zero-order valence-corrected chi connectivity index (χ0v) is 21.0. The van der Waals surface area contributed by atoms with Crippen LogP contribution in [0.5, 0.6) is 11.5 Å². The highest BCUT2D eigenvalue weighted by Crippen LogP contribution is 2.28. The highest BCUT2D eigenvalue weighted by molar-refractivity contribution is 6.03. The second kappa shape index (κ2) is 10.9. The number of para-hydroxylation sites is 1. The van der Waals surface area contributed by atoms with Crippen LogP contribution in [0.3, 0.4) is 0 Å². The molecule has 0 radical (unpaired) electrons. The van der Waals surface area contributed by atoms with E-state index in [0.717, 1.165) is 22.9 Å². The fourth-order valence-corrected chi connectivity index (χ4v) is 3.89. The van der Waals surface area contributed by atoms with E-state index in [2.05, 4.69) is 20.7 Å². The number of aliphatic hydroxyl groups excluding tert-OH is 1. The third-order valence-corrected chi connectivity index (χ3v) is 5.95. The number of hydrogen-bond acceptors (Lipinski definition) is 7. The van der Waals surface area contributed by atoms with Crippen molar-refractivity contribution < 1.29 is 28.2 Å². The topological polar surface area (TPSA) is 139 Å². The lowest BCUT2D eigenvalue weighted by molar-refractivity contribution is 0.0308. The van der Waals surface area contributed by atoms with Gasteiger partial charge in [0, 0.05) is 30.1 Å². The van der Waals surface area contributed by atoms with Gasteiger partial charge in [0.05, 0.1) is 19.2 Å². The van der Waals surface area contributed by atoms with Gasteiger partial charge in [-0.25, -0.2) is 18.6 Å². The summed E-state index contributed by atoms with van der Waals surface area (Å²) >= 11 is 0. The van der Waals surface area contributed by atoms with E-state index < -0.39 is 35.2 Å². The number of ether oxygens (including phenoxy) is 1. The maximum Gasteiger partial charge on any atom is 0.323 e. The number of anilines is 2. The molecule has 204 valence electrons. The summed E-state index contributed by atoms with van der Waals surface area (Å²) in [6, 6.07) is 12.8. The first-order chi connectivity index (χ1) is 19.2. The standard InChI is InChI=1S/C27H22F2N6O5/c1-15-10-24(37)35(21-5-3-2-4-19(21)28)33-25(15)26(38)31-16-6-7-22(20(29)11-16)40-18-8-9-30-23(12-18)32-27(39)34-13-17(36)14-34/h2-12,17,36H,13-14H2,1H3,(H,31,38)(H,30,32,39). The number of hydrogen-bond donors (Lipinski definition) is 3. The van der Waals surface area contributed by atoms with E-state index in [-0.39, 0.29) is 53.0 Å². The molecule has 0 atom stereocenters. The number of nitrogens with zero attached hydrogens (tertiary/aromatic N) is 4. The van der Waals surface area contributed by atoms with Crippen molar-refractivity contribution in [3.8, 4) is 17.2 Å². The van der Waals surface area contributed by atoms with Gasteiger partial charge in [-0.2, -0.15) is 9.78 Å². The zero-order chi connectivity index (χ0) is 28.4. The Bertz CT molecular complexity index is 1670. The van der Waals surface area contributed by atoms with Crippen molar-refractivity contribution >= 4 is 23.4 Å². The van der Waals surface area contributed by atoms with Crippen LogP contribution < -0.4 is 20.9 Å². The third-order valence-electron chi connectivity index (χ3n) is 5.95. The Labute approximate surface area is 225 Å². The highest BCUT2D eigenvalue weighted by atomic mass is 19.1. The number of aryl methyl sites for hydroxylation is 1. The Kier molecular flexibility index (Phi) is 7.21. The van der Waals surface area contributed by atoms with E-state index in [1.54, 1.807) is 0 Å². The van der Waals surface area contributed by atoms with Crippen LogP contribution in [-0.2, 0) is 0 Å². The second-order valence-electron chi connectivity index (χ2n) is 8.94. The summed E-state index contributed by atoms with van der Waals surface area (Å²) in [6.45, 7) is 1.95. The van der Waals surface area contributed by atoms with Crippen molar-refractivity contribution in [2.24, 2.45) is 0 Å². The van der Waals surface area contributed by atoms with Gasteiger partial charge in [-0.15, -0.1) is 0 Å². The van der Waals surface area contributed by atoms with Crippen LogP contribution in [0.2, 0.25) is 0 Å². The van der Waals surface area contributed by atoms with Gasteiger partial charge >= 0.3 is 6.03 Å². The van der Waals surface area contributed by atoms with Crippen LogP contribution >= 0.6 is 0 Å². The number of carbonyl (C=O) groups is 2. The fraction of sp³-hybridized carbons (Fsp3) is 0.148. The first-order valence-electron chi connectivity index (χ1n) is 12.0. The minimum absolute atomic E-state index is 0.0825. The third kappa shape index (κ3) is 5.63. The summed E-state index contributed by atoms with van der Waals surface area (Å²) in [4.78, 5) is 42.9. The Morgan fingerprint density at radius 2 is 1.80 bits per heavy atom. The first-order valence-corrected chi connectivity index (χ1v) is 12.0. The molecular weight excluding hydrogens is 526 g/mol. The molecule has 1 saturated heterocycles. The second-order valence-corrected chi connectivity index (χ2v) is 8.94. The number of rotatable bonds is 6. The van der Waals surface area contributed by atoms with Crippen molar-refractivity contribution in [1.82, 2.24) is 19.7 Å². The Morgan fingerprint density at radius 3 is 2.52 bits per heavy atom. The van der Waals surface area contributed by atoms with E-state index in [9.17, 15) is 28.3 Å². The number of halogens is 2. The molecule has 3 amide bonds. The van der Waals surface area contributed by atoms with Crippen molar-refractivity contribution in [3.05, 3.63) is 100 Å². The molecule has 2 aromatic heterocycles. The summed E-state index contributed by atoms with van der Waals surface area (Å²) in [5.41, 5.74) is -0.555. The van der Waals surface area contributed by atoms with E-state index in [0.29, 0.717) is 0 Å². The Morgan fingerprint density at radius 1 is 1.02 bits per heavy atom. The predicted molar refractivity (Wildman–Crippen MR) is 140 cm³/mol. The largest absolute Gasteiger partial charge is 0.454 e. The molecule has 0 bridgehead atoms. The smallest absolute Gasteiger partial charge is 0.323 e. The van der Waals surface area contributed by atoms with Crippen molar-refractivity contribution in [3.63, 3.8) is 0 Å². The van der Waals surface area contributed by atoms with Gasteiger partial charge in [-0.3, -0.25) is 14.9 Å². The molecule has 5 rings (SSSR count). The number of pyridine rings is 1. The van der Waals surface area contributed by atoms with Crippen molar-refractivity contribution in [1.29, 1.82) is 0 Å². The molecule has 3 heterocycles. The molecule has 1 fully saturated rings. The van der Waals surface area contributed by atoms with Crippen LogP contribution in [0.1, 0.15) is 16.1 Å². The molecule has 4 aromatic rings. The molecule has 2 aromatic carbocycles. The van der Waals surface area contributed by atoms with Gasteiger partial charge in [0.2, 0.25) is 0 Å². The van der Waals surface area contributed by atoms with Crippen LogP contribution in [-0.4, -0.2) is 55.9 Å². The Hall–Kier alpha value is -5.17. The lowest BCUT2D eigenvalue weighted by atomic mass is 10.2. The minimum atomic E-state index is -0.796. The van der Waals surface area contributed by atoms with Gasteiger partial charge in [0.25, 0.3) is 11.5 Å². The maximum absolute atomic E-state index is 14.9. The molecule has 0 spiro atoms. The number of carbonyl (C=O) groups excluding carboxylic acids is 2. The quantitative estimate of drug-likeness (QED) is 0.335. The SMILES string of the molecule is Cc1cc(=O)n(-c2ccccc2F)nc1C(=O)Nc1ccc(Oc2ccnc(NC(=O)N3CC(O)C3)c2)c(F)c1. The van der Waals surface area contributed by atoms with Gasteiger partial charge < -0.3 is 20.1 Å². The Balaban J connectivity index is 1.29. The molecule has 13 heteroatoms. The minimum Gasteiger partial charge on any atom is -0.454 e. The molecule has 0 aliphatic carbocycles. The number of benzene rings is 2. The maximum atomic E-state index is 14.9. The number of urea groups is 1. The number of nitrogens with one attached hydrogen (secondary N) is 2. The number of likely N-dealkylation sites (tertiary alicyclic amines) is 1. The van der Waals surface area contributed by atoms with E-state index in [4.69, 9.17) is 4.74 Å². The van der Waals surface area contributed by atoms with Crippen LogP contribution in [0.15, 0.2) is 71.7 Å². The number of aromatic nitrogens is 3. The van der Waals surface area contributed by atoms with Crippen molar-refractivity contribution in [2.75, 3.05) is 23.7 Å². The fourth-order valence-electron chi connectivity index (χ4n) is 3.89. The van der Waals surface area contributed by atoms with Gasteiger partial charge in [0.15, 0.2) is 17.3 Å². The number of amides is 3. The average molecular weight is 549 g/mol. The van der Waals surface area contributed by atoms with Crippen LogP contribution in [0.25, 0.3) is 5.69 Å². The summed E-state index contributed by atoms with van der Waals surface area (Å²) in [6.07, 6.45) is 0.830. The number of β-amino-alcohol motifs (C(OH)–C–C–N with tert-alkyl or cyclic N) is 1. The van der Waals surface area contributed by atoms with Crippen molar-refractivity contribution in [2.45, 2.75) is 13.0 Å². The summed E-state index contributed by atoms with van der Waals surface area (Å²) < 4.78 is 35.5.